The summed E-state index contributed by atoms with van der Waals surface area (Å²) in [5.74, 6) is -0.628. The molecule has 2 rings (SSSR count). The summed E-state index contributed by atoms with van der Waals surface area (Å²) in [5.41, 5.74) is 6.96. The van der Waals surface area contributed by atoms with Gasteiger partial charge in [0, 0.05) is 6.04 Å². The zero-order valence-electron chi connectivity index (χ0n) is 11.4. The van der Waals surface area contributed by atoms with E-state index in [1.54, 1.807) is 6.07 Å². The van der Waals surface area contributed by atoms with Gasteiger partial charge >= 0.3 is 0 Å². The highest BCUT2D eigenvalue weighted by molar-refractivity contribution is 6.30. The van der Waals surface area contributed by atoms with Crippen molar-refractivity contribution in [1.82, 2.24) is 0 Å². The SMILES string of the molecule is NC(Cc1ccccc1)C(O)COc1cccc(Cl)c1F. The number of halogens is 2. The van der Waals surface area contributed by atoms with Crippen LogP contribution in [0.15, 0.2) is 48.5 Å². The van der Waals surface area contributed by atoms with Gasteiger partial charge in [0.1, 0.15) is 12.7 Å². The van der Waals surface area contributed by atoms with E-state index in [-0.39, 0.29) is 17.4 Å². The lowest BCUT2D eigenvalue weighted by Crippen LogP contribution is -2.40. The van der Waals surface area contributed by atoms with Crippen molar-refractivity contribution in [2.45, 2.75) is 18.6 Å². The third-order valence-corrected chi connectivity index (χ3v) is 3.43. The highest BCUT2D eigenvalue weighted by atomic mass is 35.5. The van der Waals surface area contributed by atoms with Gasteiger partial charge in [-0.15, -0.1) is 0 Å². The van der Waals surface area contributed by atoms with E-state index in [1.807, 2.05) is 30.3 Å². The Morgan fingerprint density at radius 1 is 1.14 bits per heavy atom. The van der Waals surface area contributed by atoms with Gasteiger partial charge in [0.05, 0.1) is 5.02 Å². The third kappa shape index (κ3) is 4.43. The van der Waals surface area contributed by atoms with Crippen LogP contribution in [0.3, 0.4) is 0 Å². The van der Waals surface area contributed by atoms with E-state index in [2.05, 4.69) is 0 Å². The Labute approximate surface area is 128 Å². The van der Waals surface area contributed by atoms with Gasteiger partial charge in [-0.05, 0) is 24.1 Å². The first-order valence-electron chi connectivity index (χ1n) is 6.62. The zero-order chi connectivity index (χ0) is 15.2. The zero-order valence-corrected chi connectivity index (χ0v) is 12.1. The standard InChI is InChI=1S/C16H17ClFNO2/c17-12-7-4-8-15(16(12)18)21-10-14(20)13(19)9-11-5-2-1-3-6-11/h1-8,13-14,20H,9-10,19H2. The number of aliphatic hydroxyl groups excluding tert-OH is 1. The summed E-state index contributed by atoms with van der Waals surface area (Å²) in [5, 5.41) is 9.98. The minimum atomic E-state index is -0.899. The molecule has 112 valence electrons. The maximum absolute atomic E-state index is 13.6. The summed E-state index contributed by atoms with van der Waals surface area (Å²) in [6.45, 7) is -0.0920. The molecule has 2 aromatic rings. The Morgan fingerprint density at radius 2 is 1.86 bits per heavy atom. The quantitative estimate of drug-likeness (QED) is 0.862. The Balaban J connectivity index is 1.89. The second kappa shape index (κ2) is 7.41. The Kier molecular flexibility index (Phi) is 5.56. The van der Waals surface area contributed by atoms with E-state index in [9.17, 15) is 9.50 Å². The summed E-state index contributed by atoms with van der Waals surface area (Å²) in [4.78, 5) is 0. The van der Waals surface area contributed by atoms with Crippen molar-refractivity contribution in [3.8, 4) is 5.75 Å². The van der Waals surface area contributed by atoms with E-state index >= 15 is 0 Å². The Bertz CT molecular complexity index is 580. The molecular weight excluding hydrogens is 293 g/mol. The summed E-state index contributed by atoms with van der Waals surface area (Å²) in [7, 11) is 0. The molecule has 0 bridgehead atoms. The molecule has 3 N–H and O–H groups in total. The first-order chi connectivity index (χ1) is 10.1. The molecule has 0 saturated heterocycles. The van der Waals surface area contributed by atoms with Gasteiger partial charge in [-0.25, -0.2) is 4.39 Å². The van der Waals surface area contributed by atoms with Crippen LogP contribution >= 0.6 is 11.6 Å². The number of rotatable bonds is 6. The normalized spacial score (nSPS) is 13.7. The Morgan fingerprint density at radius 3 is 2.57 bits per heavy atom. The van der Waals surface area contributed by atoms with Crippen LogP contribution < -0.4 is 10.5 Å². The van der Waals surface area contributed by atoms with Gasteiger partial charge in [-0.3, -0.25) is 0 Å². The number of ether oxygens (including phenoxy) is 1. The monoisotopic (exact) mass is 309 g/mol. The predicted molar refractivity (Wildman–Crippen MR) is 81.0 cm³/mol. The molecule has 2 atom stereocenters. The maximum atomic E-state index is 13.6. The van der Waals surface area contributed by atoms with Crippen molar-refractivity contribution in [2.24, 2.45) is 5.73 Å². The number of aliphatic hydroxyl groups is 1. The molecule has 3 nitrogen and oxygen atoms in total. The van der Waals surface area contributed by atoms with E-state index in [0.717, 1.165) is 5.56 Å². The van der Waals surface area contributed by atoms with Gasteiger partial charge in [0.15, 0.2) is 11.6 Å². The van der Waals surface area contributed by atoms with Gasteiger partial charge in [-0.2, -0.15) is 0 Å². The summed E-state index contributed by atoms with van der Waals surface area (Å²) in [6, 6.07) is 13.6. The molecule has 5 heteroatoms. The highest BCUT2D eigenvalue weighted by Gasteiger charge is 2.17. The lowest BCUT2D eigenvalue weighted by atomic mass is 10.0. The fourth-order valence-electron chi connectivity index (χ4n) is 1.92. The molecule has 21 heavy (non-hydrogen) atoms. The molecular formula is C16H17ClFNO2. The molecule has 0 spiro atoms. The molecule has 0 aliphatic carbocycles. The minimum Gasteiger partial charge on any atom is -0.488 e. The van der Waals surface area contributed by atoms with Crippen LogP contribution in [-0.2, 0) is 6.42 Å². The number of nitrogens with two attached hydrogens (primary N) is 1. The number of benzene rings is 2. The lowest BCUT2D eigenvalue weighted by molar-refractivity contribution is 0.0833. The molecule has 0 aromatic heterocycles. The van der Waals surface area contributed by atoms with E-state index < -0.39 is 18.0 Å². The molecule has 0 saturated carbocycles. The van der Waals surface area contributed by atoms with Gasteiger partial charge in [0.25, 0.3) is 0 Å². The second-order valence-electron chi connectivity index (χ2n) is 4.78. The topological polar surface area (TPSA) is 55.5 Å². The molecule has 2 unspecified atom stereocenters. The smallest absolute Gasteiger partial charge is 0.183 e. The van der Waals surface area contributed by atoms with Crippen LogP contribution in [0.5, 0.6) is 5.75 Å². The van der Waals surface area contributed by atoms with Crippen LogP contribution in [0.1, 0.15) is 5.56 Å². The predicted octanol–water partition coefficient (Wildman–Crippen LogP) is 2.79. The van der Waals surface area contributed by atoms with Gasteiger partial charge < -0.3 is 15.6 Å². The van der Waals surface area contributed by atoms with Crippen molar-refractivity contribution < 1.29 is 14.2 Å². The first-order valence-corrected chi connectivity index (χ1v) is 7.00. The van der Waals surface area contributed by atoms with Gasteiger partial charge in [-0.1, -0.05) is 48.0 Å². The number of hydrogen-bond acceptors (Lipinski definition) is 3. The van der Waals surface area contributed by atoms with Crippen LogP contribution in [0.25, 0.3) is 0 Å². The van der Waals surface area contributed by atoms with Crippen LogP contribution in [0, 0.1) is 5.82 Å². The van der Waals surface area contributed by atoms with Gasteiger partial charge in [0.2, 0.25) is 0 Å². The Hall–Kier alpha value is -1.62. The van der Waals surface area contributed by atoms with Crippen molar-refractivity contribution in [3.63, 3.8) is 0 Å². The van der Waals surface area contributed by atoms with Crippen LogP contribution in [0.4, 0.5) is 4.39 Å². The fourth-order valence-corrected chi connectivity index (χ4v) is 2.08. The molecule has 0 amide bonds. The average molecular weight is 310 g/mol. The molecule has 0 aliphatic rings. The molecule has 0 aliphatic heterocycles. The van der Waals surface area contributed by atoms with Crippen molar-refractivity contribution in [2.75, 3.05) is 6.61 Å². The largest absolute Gasteiger partial charge is 0.488 e. The van der Waals surface area contributed by atoms with E-state index in [4.69, 9.17) is 22.1 Å². The molecule has 0 fully saturated rings. The van der Waals surface area contributed by atoms with Crippen molar-refractivity contribution >= 4 is 11.6 Å². The van der Waals surface area contributed by atoms with E-state index in [1.165, 1.54) is 12.1 Å². The fraction of sp³-hybridized carbons (Fsp3) is 0.250. The summed E-state index contributed by atoms with van der Waals surface area (Å²) >= 11 is 5.66. The first kappa shape index (κ1) is 15.8. The van der Waals surface area contributed by atoms with Crippen LogP contribution in [-0.4, -0.2) is 23.9 Å². The summed E-state index contributed by atoms with van der Waals surface area (Å²) in [6.07, 6.45) is -0.382. The lowest BCUT2D eigenvalue weighted by Gasteiger charge is -2.19. The molecule has 0 heterocycles. The molecule has 0 radical (unpaired) electrons. The van der Waals surface area contributed by atoms with Crippen LogP contribution in [0.2, 0.25) is 5.02 Å². The molecule has 2 aromatic carbocycles. The highest BCUT2D eigenvalue weighted by Crippen LogP contribution is 2.24. The van der Waals surface area contributed by atoms with Crippen molar-refractivity contribution in [3.05, 3.63) is 64.9 Å². The third-order valence-electron chi connectivity index (χ3n) is 3.13. The maximum Gasteiger partial charge on any atom is 0.183 e. The summed E-state index contributed by atoms with van der Waals surface area (Å²) < 4.78 is 18.9. The number of hydrogen-bond donors (Lipinski definition) is 2. The van der Waals surface area contributed by atoms with E-state index in [0.29, 0.717) is 6.42 Å². The van der Waals surface area contributed by atoms with Crippen molar-refractivity contribution in [1.29, 1.82) is 0 Å². The second-order valence-corrected chi connectivity index (χ2v) is 5.19. The average Bonchev–Trinajstić information content (AvgIpc) is 2.49. The minimum absolute atomic E-state index is 0.00783.